The first-order valence-corrected chi connectivity index (χ1v) is 11.9. The van der Waals surface area contributed by atoms with E-state index in [0.717, 1.165) is 43.7 Å². The molecule has 11 nitrogen and oxygen atoms in total. The van der Waals surface area contributed by atoms with Gasteiger partial charge in [-0.3, -0.25) is 9.48 Å². The van der Waals surface area contributed by atoms with Crippen LogP contribution in [0.2, 0.25) is 0 Å². The predicted octanol–water partition coefficient (Wildman–Crippen LogP) is 1.91. The van der Waals surface area contributed by atoms with Gasteiger partial charge in [0.15, 0.2) is 0 Å². The lowest BCUT2D eigenvalue weighted by molar-refractivity contribution is -0.130. The van der Waals surface area contributed by atoms with E-state index in [-0.39, 0.29) is 5.91 Å². The van der Waals surface area contributed by atoms with Gasteiger partial charge in [-0.25, -0.2) is 4.98 Å². The van der Waals surface area contributed by atoms with Gasteiger partial charge in [0, 0.05) is 25.8 Å². The van der Waals surface area contributed by atoms with E-state index < -0.39 is 0 Å². The summed E-state index contributed by atoms with van der Waals surface area (Å²) in [6, 6.07) is 2.53. The first kappa shape index (κ1) is 23.9. The number of likely N-dealkylation sites (tertiary alicyclic amines) is 1. The molecule has 0 spiro atoms. The fourth-order valence-electron chi connectivity index (χ4n) is 4.26. The minimum atomic E-state index is 0.125. The first-order chi connectivity index (χ1) is 16.5. The topological polar surface area (TPSA) is 124 Å². The highest BCUT2D eigenvalue weighted by atomic mass is 16.5. The lowest BCUT2D eigenvalue weighted by Crippen LogP contribution is -2.33. The van der Waals surface area contributed by atoms with Gasteiger partial charge in [0.05, 0.1) is 43.3 Å². The van der Waals surface area contributed by atoms with E-state index in [0.29, 0.717) is 62.6 Å². The van der Waals surface area contributed by atoms with Crippen LogP contribution >= 0.6 is 0 Å². The fourth-order valence-corrected chi connectivity index (χ4v) is 4.26. The number of aromatic nitrogens is 4. The second kappa shape index (κ2) is 11.3. The summed E-state index contributed by atoms with van der Waals surface area (Å²) in [5.74, 6) is 1.01. The molecule has 0 radical (unpaired) electrons. The Kier molecular flexibility index (Phi) is 7.92. The maximum atomic E-state index is 12.1. The number of amides is 1. The number of nitrogens with one attached hydrogen (secondary N) is 2. The molecule has 2 N–H and O–H groups in total. The summed E-state index contributed by atoms with van der Waals surface area (Å²) in [6.07, 6.45) is 6.86. The number of nitrogens with zero attached hydrogens (tertiary/aromatic N) is 7. The van der Waals surface area contributed by atoms with Gasteiger partial charge in [0.1, 0.15) is 17.5 Å². The van der Waals surface area contributed by atoms with E-state index in [9.17, 15) is 10.1 Å². The standard InChI is InChI=1S/C23H33N9O2/c1-17-20(16-32(29-17)19-4-9-30(2)10-5-19)27-23-26-15-18(14-24)22(28-23)25-7-3-8-31-11-13-34-12-6-21(31)33/h15-16,19H,3-13H2,1-2H3,(H2,25,26,27,28). The lowest BCUT2D eigenvalue weighted by Gasteiger charge is -2.28. The third kappa shape index (κ3) is 6.01. The van der Waals surface area contributed by atoms with Crippen molar-refractivity contribution in [3.05, 3.63) is 23.7 Å². The average Bonchev–Trinajstić information content (AvgIpc) is 3.07. The number of hydrogen-bond acceptors (Lipinski definition) is 9. The molecule has 2 fully saturated rings. The van der Waals surface area contributed by atoms with E-state index in [1.165, 1.54) is 6.20 Å². The number of anilines is 3. The fraction of sp³-hybridized carbons (Fsp3) is 0.609. The zero-order valence-electron chi connectivity index (χ0n) is 20.0. The summed E-state index contributed by atoms with van der Waals surface area (Å²) >= 11 is 0. The zero-order valence-corrected chi connectivity index (χ0v) is 20.0. The number of aryl methyl sites for hydroxylation is 1. The number of carbonyl (C=O) groups excluding carboxylic acids is 1. The largest absolute Gasteiger partial charge is 0.379 e. The maximum absolute atomic E-state index is 12.1. The third-order valence-corrected chi connectivity index (χ3v) is 6.35. The normalized spacial score (nSPS) is 17.9. The molecule has 11 heteroatoms. The molecule has 34 heavy (non-hydrogen) atoms. The van der Waals surface area contributed by atoms with Crippen molar-refractivity contribution in [1.82, 2.24) is 29.5 Å². The Morgan fingerprint density at radius 2 is 2.09 bits per heavy atom. The van der Waals surface area contributed by atoms with Crippen molar-refractivity contribution in [1.29, 1.82) is 5.26 Å². The smallest absolute Gasteiger partial charge is 0.229 e. The summed E-state index contributed by atoms with van der Waals surface area (Å²) in [6.45, 7) is 7.02. The van der Waals surface area contributed by atoms with Crippen LogP contribution in [0.1, 0.15) is 43.0 Å². The van der Waals surface area contributed by atoms with Crippen LogP contribution in [0, 0.1) is 18.3 Å². The highest BCUT2D eigenvalue weighted by Crippen LogP contribution is 2.26. The monoisotopic (exact) mass is 467 g/mol. The van der Waals surface area contributed by atoms with Crippen LogP contribution in [0.15, 0.2) is 12.4 Å². The predicted molar refractivity (Wildman–Crippen MR) is 128 cm³/mol. The van der Waals surface area contributed by atoms with Crippen LogP contribution in [0.4, 0.5) is 17.5 Å². The summed E-state index contributed by atoms with van der Waals surface area (Å²) in [5.41, 5.74) is 2.12. The number of hydrogen-bond donors (Lipinski definition) is 2. The van der Waals surface area contributed by atoms with Crippen molar-refractivity contribution in [3.63, 3.8) is 0 Å². The van der Waals surface area contributed by atoms with E-state index in [2.05, 4.69) is 38.6 Å². The van der Waals surface area contributed by atoms with Crippen molar-refractivity contribution in [2.75, 3.05) is 63.6 Å². The molecular formula is C23H33N9O2. The van der Waals surface area contributed by atoms with Crippen LogP contribution in [-0.2, 0) is 9.53 Å². The molecule has 0 bridgehead atoms. The number of carbonyl (C=O) groups is 1. The van der Waals surface area contributed by atoms with Crippen molar-refractivity contribution >= 4 is 23.4 Å². The zero-order chi connectivity index (χ0) is 23.9. The molecule has 4 heterocycles. The molecule has 2 aromatic rings. The summed E-state index contributed by atoms with van der Waals surface area (Å²) < 4.78 is 7.41. The van der Waals surface area contributed by atoms with Crippen molar-refractivity contribution in [2.24, 2.45) is 0 Å². The lowest BCUT2D eigenvalue weighted by atomic mass is 10.1. The van der Waals surface area contributed by atoms with Gasteiger partial charge >= 0.3 is 0 Å². The van der Waals surface area contributed by atoms with Gasteiger partial charge in [0.2, 0.25) is 11.9 Å². The van der Waals surface area contributed by atoms with Crippen molar-refractivity contribution in [3.8, 4) is 6.07 Å². The molecule has 1 amide bonds. The van der Waals surface area contributed by atoms with Gasteiger partial charge in [0.25, 0.3) is 0 Å². The molecule has 0 aromatic carbocycles. The number of ether oxygens (including phenoxy) is 1. The molecular weight excluding hydrogens is 434 g/mol. The van der Waals surface area contributed by atoms with Gasteiger partial charge in [-0.1, -0.05) is 0 Å². The Morgan fingerprint density at radius 3 is 2.88 bits per heavy atom. The Bertz CT molecular complexity index is 1020. The van der Waals surface area contributed by atoms with Gasteiger partial charge in [-0.15, -0.1) is 0 Å². The molecule has 2 aromatic heterocycles. The molecule has 0 atom stereocenters. The Labute approximate surface area is 200 Å². The second-order valence-electron chi connectivity index (χ2n) is 8.86. The van der Waals surface area contributed by atoms with Gasteiger partial charge in [-0.05, 0) is 46.3 Å². The number of nitriles is 1. The average molecular weight is 468 g/mol. The summed E-state index contributed by atoms with van der Waals surface area (Å²) in [5, 5.41) is 20.6. The number of rotatable bonds is 8. The minimum absolute atomic E-state index is 0.125. The van der Waals surface area contributed by atoms with Gasteiger partial charge < -0.3 is 25.2 Å². The highest BCUT2D eigenvalue weighted by molar-refractivity contribution is 5.76. The highest BCUT2D eigenvalue weighted by Gasteiger charge is 2.20. The Hall–Kier alpha value is -3.23. The van der Waals surface area contributed by atoms with E-state index >= 15 is 0 Å². The van der Waals surface area contributed by atoms with Crippen molar-refractivity contribution in [2.45, 2.75) is 38.6 Å². The molecule has 0 saturated carbocycles. The van der Waals surface area contributed by atoms with Crippen LogP contribution in [-0.4, -0.2) is 88.4 Å². The van der Waals surface area contributed by atoms with Gasteiger partial charge in [-0.2, -0.15) is 15.3 Å². The quantitative estimate of drug-likeness (QED) is 0.560. The second-order valence-corrected chi connectivity index (χ2v) is 8.86. The SMILES string of the molecule is Cc1nn(C2CCN(C)CC2)cc1Nc1ncc(C#N)c(NCCCN2CCOCCC2=O)n1. The molecule has 0 unspecified atom stereocenters. The van der Waals surface area contributed by atoms with E-state index in [1.54, 1.807) is 0 Å². The summed E-state index contributed by atoms with van der Waals surface area (Å²) in [7, 11) is 2.15. The summed E-state index contributed by atoms with van der Waals surface area (Å²) in [4.78, 5) is 25.1. The van der Waals surface area contributed by atoms with Crippen LogP contribution in [0.3, 0.4) is 0 Å². The number of piperidine rings is 1. The molecule has 2 saturated heterocycles. The molecule has 2 aliphatic rings. The molecule has 2 aliphatic heterocycles. The van der Waals surface area contributed by atoms with Crippen LogP contribution < -0.4 is 10.6 Å². The molecule has 4 rings (SSSR count). The van der Waals surface area contributed by atoms with E-state index in [4.69, 9.17) is 9.84 Å². The van der Waals surface area contributed by atoms with E-state index in [1.807, 2.05) is 22.7 Å². The Balaban J connectivity index is 1.36. The van der Waals surface area contributed by atoms with Crippen LogP contribution in [0.25, 0.3) is 0 Å². The van der Waals surface area contributed by atoms with Crippen molar-refractivity contribution < 1.29 is 9.53 Å². The Morgan fingerprint density at radius 1 is 1.26 bits per heavy atom. The molecule has 0 aliphatic carbocycles. The van der Waals surface area contributed by atoms with Crippen LogP contribution in [0.5, 0.6) is 0 Å². The third-order valence-electron chi connectivity index (χ3n) is 6.35. The maximum Gasteiger partial charge on any atom is 0.229 e. The first-order valence-electron chi connectivity index (χ1n) is 11.9. The minimum Gasteiger partial charge on any atom is -0.379 e. The molecule has 182 valence electrons.